The van der Waals surface area contributed by atoms with E-state index >= 15 is 0 Å². The number of benzene rings is 1. The van der Waals surface area contributed by atoms with E-state index in [4.69, 9.17) is 10.7 Å². The number of nitrogens with zero attached hydrogens (tertiary/aromatic N) is 3. The quantitative estimate of drug-likeness (QED) is 0.816. The number of rotatable bonds is 1. The van der Waals surface area contributed by atoms with E-state index in [1.165, 1.54) is 25.9 Å². The zero-order valence-electron chi connectivity index (χ0n) is 12.5. The highest BCUT2D eigenvalue weighted by molar-refractivity contribution is 5.92. The number of nitrogens with two attached hydrogens (primary N) is 1. The molecule has 4 heteroatoms. The minimum absolute atomic E-state index is 0.650. The Morgan fingerprint density at radius 2 is 1.86 bits per heavy atom. The number of nitrogen functional groups attached to an aromatic ring is 1. The molecule has 0 spiro atoms. The van der Waals surface area contributed by atoms with Crippen molar-refractivity contribution >= 4 is 22.4 Å². The molecule has 3 fully saturated rings. The predicted molar refractivity (Wildman–Crippen MR) is 87.7 cm³/mol. The Labute approximate surface area is 125 Å². The van der Waals surface area contributed by atoms with Gasteiger partial charge in [-0.15, -0.1) is 0 Å². The molecular weight excluding hydrogens is 260 g/mol. The fraction of sp³-hybridized carbons (Fsp3) is 0.471. The maximum absolute atomic E-state index is 6.17. The van der Waals surface area contributed by atoms with Crippen molar-refractivity contribution in [1.82, 2.24) is 9.88 Å². The number of aromatic nitrogens is 1. The van der Waals surface area contributed by atoms with Crippen LogP contribution in [0, 0.1) is 6.92 Å². The molecule has 0 saturated carbocycles. The minimum atomic E-state index is 0.650. The first-order valence-electron chi connectivity index (χ1n) is 7.87. The van der Waals surface area contributed by atoms with Crippen LogP contribution >= 0.6 is 0 Å². The molecule has 0 amide bonds. The molecule has 110 valence electrons. The lowest BCUT2D eigenvalue weighted by molar-refractivity contribution is 0.250. The topological polar surface area (TPSA) is 45.4 Å². The van der Waals surface area contributed by atoms with E-state index in [1.807, 2.05) is 6.92 Å². The van der Waals surface area contributed by atoms with Crippen molar-refractivity contribution in [2.45, 2.75) is 25.8 Å². The number of anilines is 2. The van der Waals surface area contributed by atoms with E-state index in [9.17, 15) is 0 Å². The fourth-order valence-electron chi connectivity index (χ4n) is 3.67. The van der Waals surface area contributed by atoms with Gasteiger partial charge in [-0.05, 0) is 43.5 Å². The summed E-state index contributed by atoms with van der Waals surface area (Å²) in [5.74, 6) is 1.11. The Balaban J connectivity index is 1.75. The molecule has 3 saturated heterocycles. The van der Waals surface area contributed by atoms with Crippen molar-refractivity contribution in [3.05, 3.63) is 29.8 Å². The predicted octanol–water partition coefficient (Wildman–Crippen LogP) is 2.41. The second-order valence-electron chi connectivity index (χ2n) is 6.30. The molecule has 3 aliphatic heterocycles. The van der Waals surface area contributed by atoms with Crippen LogP contribution < -0.4 is 10.6 Å². The molecule has 0 aliphatic carbocycles. The Bertz CT molecular complexity index is 674. The molecule has 2 bridgehead atoms. The zero-order valence-corrected chi connectivity index (χ0v) is 12.5. The molecule has 1 aromatic heterocycles. The number of hydrogen-bond donors (Lipinski definition) is 1. The lowest BCUT2D eigenvalue weighted by Gasteiger charge is -2.32. The molecule has 4 heterocycles. The standard InChI is InChI=1S/C17H22N4/c1-12-2-4-15-14(17(12)18)3-5-16(19-15)21-11-10-20-8-6-13(21)7-9-20/h2-5,13H,6-11,18H2,1H3. The fourth-order valence-corrected chi connectivity index (χ4v) is 3.67. The first-order valence-corrected chi connectivity index (χ1v) is 7.87. The third-order valence-electron chi connectivity index (χ3n) is 5.07. The Hall–Kier alpha value is -1.81. The average molecular weight is 282 g/mol. The van der Waals surface area contributed by atoms with Gasteiger partial charge in [0.2, 0.25) is 0 Å². The van der Waals surface area contributed by atoms with E-state index in [0.717, 1.165) is 41.1 Å². The molecule has 2 N–H and O–H groups in total. The van der Waals surface area contributed by atoms with Gasteiger partial charge in [0, 0.05) is 43.3 Å². The summed E-state index contributed by atoms with van der Waals surface area (Å²) in [6.45, 7) is 6.77. The monoisotopic (exact) mass is 282 g/mol. The van der Waals surface area contributed by atoms with Gasteiger partial charge in [-0.3, -0.25) is 0 Å². The summed E-state index contributed by atoms with van der Waals surface area (Å²) in [7, 11) is 0. The molecule has 4 nitrogen and oxygen atoms in total. The van der Waals surface area contributed by atoms with Crippen LogP contribution in [0.1, 0.15) is 18.4 Å². The lowest BCUT2D eigenvalue weighted by Crippen LogP contribution is -2.38. The molecular formula is C17H22N4. The van der Waals surface area contributed by atoms with Crippen LogP contribution in [-0.2, 0) is 0 Å². The van der Waals surface area contributed by atoms with Crippen LogP contribution in [0.15, 0.2) is 24.3 Å². The normalized spacial score (nSPS) is 25.3. The first-order chi connectivity index (χ1) is 10.2. The van der Waals surface area contributed by atoms with Crippen LogP contribution in [0.3, 0.4) is 0 Å². The molecule has 1 aromatic carbocycles. The van der Waals surface area contributed by atoms with E-state index in [2.05, 4.69) is 34.1 Å². The molecule has 0 unspecified atom stereocenters. The molecule has 3 aliphatic rings. The van der Waals surface area contributed by atoms with Crippen molar-refractivity contribution in [1.29, 1.82) is 0 Å². The molecule has 5 rings (SSSR count). The SMILES string of the molecule is Cc1ccc2nc(N3CCN4CCC3CC4)ccc2c1N. The summed E-state index contributed by atoms with van der Waals surface area (Å²) in [5.41, 5.74) is 9.16. The Kier molecular flexibility index (Phi) is 3.00. The molecule has 0 radical (unpaired) electrons. The average Bonchev–Trinajstić information content (AvgIpc) is 2.84. The van der Waals surface area contributed by atoms with Gasteiger partial charge >= 0.3 is 0 Å². The van der Waals surface area contributed by atoms with Crippen molar-refractivity contribution in [2.24, 2.45) is 0 Å². The van der Waals surface area contributed by atoms with Crippen molar-refractivity contribution in [3.8, 4) is 0 Å². The van der Waals surface area contributed by atoms with Crippen LogP contribution in [0.25, 0.3) is 10.9 Å². The third kappa shape index (κ3) is 2.14. The van der Waals surface area contributed by atoms with Crippen LogP contribution in [0.2, 0.25) is 0 Å². The van der Waals surface area contributed by atoms with Gasteiger partial charge in [0.1, 0.15) is 5.82 Å². The smallest absolute Gasteiger partial charge is 0.129 e. The summed E-state index contributed by atoms with van der Waals surface area (Å²) in [6.07, 6.45) is 2.52. The van der Waals surface area contributed by atoms with Crippen LogP contribution in [-0.4, -0.2) is 42.1 Å². The molecule has 0 atom stereocenters. The Morgan fingerprint density at radius 1 is 1.05 bits per heavy atom. The number of fused-ring (bicyclic) bond motifs is 5. The second-order valence-corrected chi connectivity index (χ2v) is 6.30. The van der Waals surface area contributed by atoms with E-state index in [-0.39, 0.29) is 0 Å². The maximum atomic E-state index is 6.17. The van der Waals surface area contributed by atoms with Gasteiger partial charge in [-0.25, -0.2) is 4.98 Å². The summed E-state index contributed by atoms with van der Waals surface area (Å²) >= 11 is 0. The summed E-state index contributed by atoms with van der Waals surface area (Å²) in [5, 5.41) is 1.07. The van der Waals surface area contributed by atoms with Gasteiger partial charge in [0.25, 0.3) is 0 Å². The van der Waals surface area contributed by atoms with Gasteiger partial charge in [0.05, 0.1) is 5.52 Å². The van der Waals surface area contributed by atoms with Gasteiger partial charge in [-0.2, -0.15) is 0 Å². The number of pyridine rings is 1. The van der Waals surface area contributed by atoms with E-state index < -0.39 is 0 Å². The summed E-state index contributed by atoms with van der Waals surface area (Å²) in [6, 6.07) is 9.08. The molecule has 2 aromatic rings. The zero-order chi connectivity index (χ0) is 14.4. The van der Waals surface area contributed by atoms with Crippen molar-refractivity contribution < 1.29 is 0 Å². The highest BCUT2D eigenvalue weighted by Crippen LogP contribution is 2.29. The van der Waals surface area contributed by atoms with E-state index in [1.54, 1.807) is 0 Å². The van der Waals surface area contributed by atoms with E-state index in [0.29, 0.717) is 6.04 Å². The third-order valence-corrected chi connectivity index (χ3v) is 5.07. The number of hydrogen-bond acceptors (Lipinski definition) is 4. The summed E-state index contributed by atoms with van der Waals surface area (Å²) < 4.78 is 0. The minimum Gasteiger partial charge on any atom is -0.398 e. The van der Waals surface area contributed by atoms with Crippen LogP contribution in [0.4, 0.5) is 11.5 Å². The first kappa shape index (κ1) is 12.9. The maximum Gasteiger partial charge on any atom is 0.129 e. The Morgan fingerprint density at radius 3 is 2.67 bits per heavy atom. The van der Waals surface area contributed by atoms with Crippen molar-refractivity contribution in [3.63, 3.8) is 0 Å². The number of aryl methyl sites for hydroxylation is 1. The highest BCUT2D eigenvalue weighted by Gasteiger charge is 2.29. The second kappa shape index (κ2) is 4.88. The number of piperidine rings is 1. The van der Waals surface area contributed by atoms with Gasteiger partial charge in [-0.1, -0.05) is 6.07 Å². The van der Waals surface area contributed by atoms with Gasteiger partial charge in [0.15, 0.2) is 0 Å². The van der Waals surface area contributed by atoms with Crippen molar-refractivity contribution in [2.75, 3.05) is 36.8 Å². The summed E-state index contributed by atoms with van der Waals surface area (Å²) in [4.78, 5) is 9.96. The van der Waals surface area contributed by atoms with Gasteiger partial charge < -0.3 is 15.5 Å². The molecule has 21 heavy (non-hydrogen) atoms. The van der Waals surface area contributed by atoms with Crippen LogP contribution in [0.5, 0.6) is 0 Å². The highest BCUT2D eigenvalue weighted by atomic mass is 15.3. The lowest BCUT2D eigenvalue weighted by atomic mass is 10.0. The largest absolute Gasteiger partial charge is 0.398 e.